The fourth-order valence-corrected chi connectivity index (χ4v) is 4.88. The van der Waals surface area contributed by atoms with Gasteiger partial charge in [-0.25, -0.2) is 0 Å². The highest BCUT2D eigenvalue weighted by Crippen LogP contribution is 2.71. The molecule has 0 radical (unpaired) electrons. The van der Waals surface area contributed by atoms with Crippen LogP contribution in [0.1, 0.15) is 45.4 Å². The number of hydrogen-bond acceptors (Lipinski definition) is 2. The van der Waals surface area contributed by atoms with E-state index in [-0.39, 0.29) is 0 Å². The number of allylic oxidation sites excluding steroid dienone is 1. The summed E-state index contributed by atoms with van der Waals surface area (Å²) in [5.41, 5.74) is 2.55. The van der Waals surface area contributed by atoms with E-state index in [1.54, 1.807) is 12.7 Å². The first-order chi connectivity index (χ1) is 7.75. The molecule has 90 valence electrons. The molecule has 1 unspecified atom stereocenters. The van der Waals surface area contributed by atoms with E-state index in [4.69, 9.17) is 9.47 Å². The second-order valence-corrected chi connectivity index (χ2v) is 5.79. The van der Waals surface area contributed by atoms with Crippen LogP contribution in [0.2, 0.25) is 0 Å². The minimum Gasteiger partial charge on any atom is -0.359 e. The van der Waals surface area contributed by atoms with E-state index < -0.39 is 0 Å². The number of hydrogen-bond donors (Lipinski definition) is 0. The molecule has 0 aromatic rings. The topological polar surface area (TPSA) is 18.5 Å². The monoisotopic (exact) mass is 222 g/mol. The van der Waals surface area contributed by atoms with Crippen molar-refractivity contribution in [3.05, 3.63) is 11.6 Å². The third-order valence-electron chi connectivity index (χ3n) is 5.47. The highest BCUT2D eigenvalue weighted by molar-refractivity contribution is 5.34. The predicted octanol–water partition coefficient (Wildman–Crippen LogP) is 3.28. The van der Waals surface area contributed by atoms with E-state index in [9.17, 15) is 0 Å². The summed E-state index contributed by atoms with van der Waals surface area (Å²) >= 11 is 0. The maximum absolute atomic E-state index is 5.94. The highest BCUT2D eigenvalue weighted by atomic mass is 16.7. The molecular formula is C14H22O2. The average Bonchev–Trinajstić information content (AvgIpc) is 2.83. The standard InChI is InChI=1S/C14H22O2/c1-11-9-12(16-10-15-2)14-7-3-5-13(11,14)6-4-8-14/h9,12H,3-8,10H2,1-2H3. The third-order valence-corrected chi connectivity index (χ3v) is 5.47. The smallest absolute Gasteiger partial charge is 0.147 e. The molecule has 16 heavy (non-hydrogen) atoms. The summed E-state index contributed by atoms with van der Waals surface area (Å²) in [6.07, 6.45) is 11.0. The van der Waals surface area contributed by atoms with Crippen LogP contribution in [0.3, 0.4) is 0 Å². The van der Waals surface area contributed by atoms with Crippen LogP contribution in [0.5, 0.6) is 0 Å². The van der Waals surface area contributed by atoms with Crippen molar-refractivity contribution in [2.45, 2.75) is 51.6 Å². The van der Waals surface area contributed by atoms with E-state index >= 15 is 0 Å². The van der Waals surface area contributed by atoms with Gasteiger partial charge < -0.3 is 9.47 Å². The van der Waals surface area contributed by atoms with Crippen LogP contribution in [0, 0.1) is 10.8 Å². The predicted molar refractivity (Wildman–Crippen MR) is 63.1 cm³/mol. The van der Waals surface area contributed by atoms with Crippen LogP contribution in [-0.2, 0) is 9.47 Å². The summed E-state index contributed by atoms with van der Waals surface area (Å²) in [5.74, 6) is 0. The molecule has 3 aliphatic carbocycles. The number of methoxy groups -OCH3 is 1. The molecule has 0 amide bonds. The van der Waals surface area contributed by atoms with Gasteiger partial charge in [0.1, 0.15) is 6.79 Å². The lowest BCUT2D eigenvalue weighted by atomic mass is 9.67. The van der Waals surface area contributed by atoms with Gasteiger partial charge in [0.25, 0.3) is 0 Å². The highest BCUT2D eigenvalue weighted by Gasteiger charge is 2.64. The molecule has 3 rings (SSSR count). The van der Waals surface area contributed by atoms with Crippen LogP contribution in [0.4, 0.5) is 0 Å². The molecular weight excluding hydrogens is 200 g/mol. The molecule has 2 saturated carbocycles. The minimum absolute atomic E-state index is 0.317. The van der Waals surface area contributed by atoms with Crippen LogP contribution in [0.15, 0.2) is 11.6 Å². The molecule has 1 atom stereocenters. The van der Waals surface area contributed by atoms with Gasteiger partial charge in [0.05, 0.1) is 6.10 Å². The molecule has 2 heteroatoms. The zero-order valence-corrected chi connectivity index (χ0v) is 10.4. The maximum atomic E-state index is 5.94. The van der Waals surface area contributed by atoms with Crippen molar-refractivity contribution in [2.24, 2.45) is 10.8 Å². The largest absolute Gasteiger partial charge is 0.359 e. The van der Waals surface area contributed by atoms with Gasteiger partial charge in [-0.3, -0.25) is 0 Å². The fourth-order valence-electron chi connectivity index (χ4n) is 4.88. The first-order valence-corrected chi connectivity index (χ1v) is 6.55. The zero-order valence-electron chi connectivity index (χ0n) is 10.4. The first kappa shape index (κ1) is 10.8. The second-order valence-electron chi connectivity index (χ2n) is 5.79. The molecule has 0 saturated heterocycles. The van der Waals surface area contributed by atoms with Gasteiger partial charge in [0.2, 0.25) is 0 Å². The molecule has 0 aromatic carbocycles. The Morgan fingerprint density at radius 1 is 1.25 bits per heavy atom. The molecule has 0 N–H and O–H groups in total. The van der Waals surface area contributed by atoms with Gasteiger partial charge in [0.15, 0.2) is 0 Å². The molecule has 0 bridgehead atoms. The second kappa shape index (κ2) is 3.58. The molecule has 2 nitrogen and oxygen atoms in total. The van der Waals surface area contributed by atoms with Gasteiger partial charge in [-0.1, -0.05) is 24.5 Å². The summed E-state index contributed by atoms with van der Waals surface area (Å²) in [4.78, 5) is 0. The lowest BCUT2D eigenvalue weighted by molar-refractivity contribution is -0.106. The quantitative estimate of drug-likeness (QED) is 0.539. The normalized spacial score (nSPS) is 45.6. The first-order valence-electron chi connectivity index (χ1n) is 6.55. The zero-order chi connectivity index (χ0) is 11.2. The summed E-state index contributed by atoms with van der Waals surface area (Å²) in [7, 11) is 1.71. The summed E-state index contributed by atoms with van der Waals surface area (Å²) in [6, 6.07) is 0. The van der Waals surface area contributed by atoms with E-state index in [2.05, 4.69) is 13.0 Å². The molecule has 2 fully saturated rings. The van der Waals surface area contributed by atoms with Crippen molar-refractivity contribution >= 4 is 0 Å². The van der Waals surface area contributed by atoms with Crippen LogP contribution >= 0.6 is 0 Å². The van der Waals surface area contributed by atoms with E-state index in [0.717, 1.165) is 0 Å². The Labute approximate surface area is 98.0 Å². The Bertz CT molecular complexity index is 309. The number of rotatable bonds is 3. The molecule has 3 aliphatic rings. The van der Waals surface area contributed by atoms with Gasteiger partial charge in [-0.15, -0.1) is 0 Å². The van der Waals surface area contributed by atoms with Crippen molar-refractivity contribution in [3.63, 3.8) is 0 Å². The van der Waals surface area contributed by atoms with Crippen molar-refractivity contribution in [1.29, 1.82) is 0 Å². The molecule has 0 spiro atoms. The Morgan fingerprint density at radius 3 is 2.56 bits per heavy atom. The van der Waals surface area contributed by atoms with Crippen molar-refractivity contribution < 1.29 is 9.47 Å². The summed E-state index contributed by atoms with van der Waals surface area (Å²) < 4.78 is 11.0. The summed E-state index contributed by atoms with van der Waals surface area (Å²) in [6.45, 7) is 2.76. The Morgan fingerprint density at radius 2 is 1.94 bits per heavy atom. The van der Waals surface area contributed by atoms with Crippen LogP contribution in [0.25, 0.3) is 0 Å². The van der Waals surface area contributed by atoms with E-state index in [0.29, 0.717) is 23.7 Å². The molecule has 0 heterocycles. The summed E-state index contributed by atoms with van der Waals surface area (Å²) in [5, 5.41) is 0. The minimum atomic E-state index is 0.317. The Kier molecular flexibility index (Phi) is 2.41. The maximum Gasteiger partial charge on any atom is 0.147 e. The van der Waals surface area contributed by atoms with Crippen LogP contribution < -0.4 is 0 Å². The molecule has 0 aliphatic heterocycles. The van der Waals surface area contributed by atoms with Gasteiger partial charge in [-0.05, 0) is 38.0 Å². The number of ether oxygens (including phenoxy) is 2. The SMILES string of the molecule is COCOC1C=C(C)C23CCCC12CCC3. The van der Waals surface area contributed by atoms with Gasteiger partial charge in [0, 0.05) is 12.5 Å². The Balaban J connectivity index is 1.92. The van der Waals surface area contributed by atoms with E-state index in [1.165, 1.54) is 38.5 Å². The average molecular weight is 222 g/mol. The molecule has 0 aromatic heterocycles. The van der Waals surface area contributed by atoms with Crippen molar-refractivity contribution in [2.75, 3.05) is 13.9 Å². The lowest BCUT2D eigenvalue weighted by Crippen LogP contribution is -2.38. The van der Waals surface area contributed by atoms with Crippen molar-refractivity contribution in [3.8, 4) is 0 Å². The Hall–Kier alpha value is -0.340. The van der Waals surface area contributed by atoms with Gasteiger partial charge in [-0.2, -0.15) is 0 Å². The van der Waals surface area contributed by atoms with Crippen LogP contribution in [-0.4, -0.2) is 20.0 Å². The lowest BCUT2D eigenvalue weighted by Gasteiger charge is -2.39. The van der Waals surface area contributed by atoms with E-state index in [1.807, 2.05) is 0 Å². The van der Waals surface area contributed by atoms with Crippen molar-refractivity contribution in [1.82, 2.24) is 0 Å². The third kappa shape index (κ3) is 1.10. The fraction of sp³-hybridized carbons (Fsp3) is 0.857. The van der Waals surface area contributed by atoms with Gasteiger partial charge >= 0.3 is 0 Å².